The summed E-state index contributed by atoms with van der Waals surface area (Å²) in [6.07, 6.45) is 16.1. The number of nitrogens with zero attached hydrogens (tertiary/aromatic N) is 3. The third kappa shape index (κ3) is 5.80. The second-order valence-electron chi connectivity index (χ2n) is 11.9. The Balaban J connectivity index is 1.21. The first kappa shape index (κ1) is 29.3. The van der Waals surface area contributed by atoms with Crippen molar-refractivity contribution in [2.45, 2.75) is 19.8 Å². The van der Waals surface area contributed by atoms with E-state index in [0.717, 1.165) is 62.8 Å². The molecule has 4 nitrogen and oxygen atoms in total. The lowest BCUT2D eigenvalue weighted by Crippen LogP contribution is -2.06. The molecule has 0 saturated heterocycles. The van der Waals surface area contributed by atoms with Gasteiger partial charge in [-0.05, 0) is 65.1 Å². The average molecular weight is 620 g/mol. The summed E-state index contributed by atoms with van der Waals surface area (Å²) < 4.78 is 6.47. The lowest BCUT2D eigenvalue weighted by molar-refractivity contribution is 0.545. The Kier molecular flexibility index (Phi) is 7.89. The van der Waals surface area contributed by atoms with Gasteiger partial charge in [0.25, 0.3) is 0 Å². The first-order chi connectivity index (χ1) is 23.7. The van der Waals surface area contributed by atoms with E-state index in [9.17, 15) is 0 Å². The van der Waals surface area contributed by atoms with Crippen LogP contribution in [0.5, 0.6) is 0 Å². The van der Waals surface area contributed by atoms with Crippen LogP contribution in [-0.2, 0) is 6.42 Å². The van der Waals surface area contributed by atoms with E-state index in [1.165, 1.54) is 16.5 Å². The highest BCUT2D eigenvalue weighted by Gasteiger charge is 2.25. The Labute approximate surface area is 280 Å². The zero-order chi connectivity index (χ0) is 32.3. The van der Waals surface area contributed by atoms with E-state index in [4.69, 9.17) is 19.4 Å². The summed E-state index contributed by atoms with van der Waals surface area (Å²) >= 11 is 0. The number of benzene rings is 5. The fourth-order valence-corrected chi connectivity index (χ4v) is 6.33. The summed E-state index contributed by atoms with van der Waals surface area (Å²) in [6.45, 7) is 2.01. The fourth-order valence-electron chi connectivity index (χ4n) is 6.33. The van der Waals surface area contributed by atoms with Crippen molar-refractivity contribution in [3.8, 4) is 33.9 Å². The monoisotopic (exact) mass is 619 g/mol. The zero-order valence-electron chi connectivity index (χ0n) is 26.7. The number of aryl methyl sites for hydroxylation is 1. The maximum atomic E-state index is 6.47. The Morgan fingerprint density at radius 2 is 1.25 bits per heavy atom. The van der Waals surface area contributed by atoms with Gasteiger partial charge in [-0.2, -0.15) is 0 Å². The van der Waals surface area contributed by atoms with Gasteiger partial charge in [0.1, 0.15) is 11.3 Å². The minimum atomic E-state index is 0.645. The van der Waals surface area contributed by atoms with E-state index in [1.54, 1.807) is 0 Å². The fraction of sp³-hybridized carbons (Fsp3) is 0.0682. The van der Waals surface area contributed by atoms with Crippen LogP contribution in [-0.4, -0.2) is 15.0 Å². The molecule has 1 aliphatic rings. The summed E-state index contributed by atoms with van der Waals surface area (Å²) in [6, 6.07) is 40.0. The van der Waals surface area contributed by atoms with Crippen LogP contribution in [0.1, 0.15) is 36.1 Å². The topological polar surface area (TPSA) is 51.8 Å². The van der Waals surface area contributed by atoms with Gasteiger partial charge in [-0.15, -0.1) is 0 Å². The van der Waals surface area contributed by atoms with Crippen LogP contribution in [0, 0.1) is 0 Å². The smallest absolute Gasteiger partial charge is 0.164 e. The van der Waals surface area contributed by atoms with Crippen molar-refractivity contribution in [1.82, 2.24) is 15.0 Å². The highest BCUT2D eigenvalue weighted by molar-refractivity contribution is 5.98. The molecular weight excluding hydrogens is 587 g/mol. The molecule has 0 bridgehead atoms. The van der Waals surface area contributed by atoms with Gasteiger partial charge in [-0.25, -0.2) is 15.0 Å². The normalized spacial score (nSPS) is 13.2. The van der Waals surface area contributed by atoms with Gasteiger partial charge >= 0.3 is 0 Å². The molecule has 8 rings (SSSR count). The molecule has 0 unspecified atom stereocenters. The van der Waals surface area contributed by atoms with Gasteiger partial charge in [-0.1, -0.05) is 134 Å². The summed E-state index contributed by atoms with van der Waals surface area (Å²) in [5.74, 6) is 2.92. The second-order valence-corrected chi connectivity index (χ2v) is 11.9. The first-order valence-corrected chi connectivity index (χ1v) is 16.4. The van der Waals surface area contributed by atoms with Gasteiger partial charge < -0.3 is 4.42 Å². The molecule has 2 aromatic heterocycles. The Morgan fingerprint density at radius 3 is 2.02 bits per heavy atom. The van der Waals surface area contributed by atoms with Crippen molar-refractivity contribution in [1.29, 1.82) is 0 Å². The van der Waals surface area contributed by atoms with E-state index in [-0.39, 0.29) is 0 Å². The predicted molar refractivity (Wildman–Crippen MR) is 198 cm³/mol. The number of rotatable bonds is 7. The molecule has 230 valence electrons. The van der Waals surface area contributed by atoms with Crippen molar-refractivity contribution in [2.24, 2.45) is 0 Å². The van der Waals surface area contributed by atoms with Crippen LogP contribution in [0.3, 0.4) is 0 Å². The van der Waals surface area contributed by atoms with Crippen molar-refractivity contribution >= 4 is 33.4 Å². The van der Waals surface area contributed by atoms with Crippen LogP contribution in [0.15, 0.2) is 156 Å². The summed E-state index contributed by atoms with van der Waals surface area (Å²) in [5, 5.41) is 3.38. The molecule has 2 heterocycles. The largest absolute Gasteiger partial charge is 0.460 e. The number of furan rings is 1. The van der Waals surface area contributed by atoms with E-state index in [1.807, 2.05) is 73.7 Å². The van der Waals surface area contributed by atoms with Gasteiger partial charge in [0.2, 0.25) is 0 Å². The number of hydrogen-bond acceptors (Lipinski definition) is 4. The quantitative estimate of drug-likeness (QED) is 0.167. The molecular formula is C44H33N3O. The minimum absolute atomic E-state index is 0.645. The molecule has 5 aromatic carbocycles. The van der Waals surface area contributed by atoms with E-state index in [0.29, 0.717) is 17.5 Å². The highest BCUT2D eigenvalue weighted by atomic mass is 16.3. The van der Waals surface area contributed by atoms with Gasteiger partial charge in [0.15, 0.2) is 17.5 Å². The van der Waals surface area contributed by atoms with Crippen molar-refractivity contribution in [2.75, 3.05) is 0 Å². The van der Waals surface area contributed by atoms with Crippen LogP contribution in [0.4, 0.5) is 0 Å². The first-order valence-electron chi connectivity index (χ1n) is 16.4. The molecule has 1 aliphatic carbocycles. The molecule has 0 radical (unpaired) electrons. The van der Waals surface area contributed by atoms with Crippen LogP contribution >= 0.6 is 0 Å². The van der Waals surface area contributed by atoms with E-state index >= 15 is 0 Å². The molecule has 48 heavy (non-hydrogen) atoms. The van der Waals surface area contributed by atoms with Crippen molar-refractivity contribution in [3.63, 3.8) is 0 Å². The summed E-state index contributed by atoms with van der Waals surface area (Å²) in [4.78, 5) is 15.2. The Morgan fingerprint density at radius 1 is 0.583 bits per heavy atom. The number of allylic oxidation sites excluding steroid dienone is 6. The number of hydrogen-bond donors (Lipinski definition) is 0. The molecule has 0 saturated carbocycles. The zero-order valence-corrected chi connectivity index (χ0v) is 26.7. The molecule has 0 amide bonds. The van der Waals surface area contributed by atoms with Gasteiger partial charge in [-0.3, -0.25) is 0 Å². The SMILES string of the molecule is C\C=C/C=C\C=C\c1ccc2c3c(oc2c1)CCC=C3c1nc(-c2ccccc2)nc(-c2ccc3cc(-c4ccccc4)ccc3c2)n1. The minimum Gasteiger partial charge on any atom is -0.460 e. The maximum absolute atomic E-state index is 6.47. The third-order valence-electron chi connectivity index (χ3n) is 8.70. The maximum Gasteiger partial charge on any atom is 0.164 e. The van der Waals surface area contributed by atoms with Gasteiger partial charge in [0.05, 0.1) is 0 Å². The van der Waals surface area contributed by atoms with E-state index in [2.05, 4.69) is 91.0 Å². The lowest BCUT2D eigenvalue weighted by atomic mass is 9.93. The molecule has 0 aliphatic heterocycles. The van der Waals surface area contributed by atoms with Crippen LogP contribution in [0.2, 0.25) is 0 Å². The third-order valence-corrected chi connectivity index (χ3v) is 8.70. The predicted octanol–water partition coefficient (Wildman–Crippen LogP) is 11.3. The second kappa shape index (κ2) is 12.9. The molecule has 0 spiro atoms. The Hall–Kier alpha value is -6.13. The summed E-state index contributed by atoms with van der Waals surface area (Å²) in [5.41, 5.74) is 8.31. The van der Waals surface area contributed by atoms with Crippen molar-refractivity contribution in [3.05, 3.63) is 174 Å². The van der Waals surface area contributed by atoms with Crippen LogP contribution < -0.4 is 0 Å². The highest BCUT2D eigenvalue weighted by Crippen LogP contribution is 2.39. The van der Waals surface area contributed by atoms with E-state index < -0.39 is 0 Å². The lowest BCUT2D eigenvalue weighted by Gasteiger charge is -2.15. The molecule has 0 fully saturated rings. The Bertz CT molecular complexity index is 2400. The molecule has 0 atom stereocenters. The number of fused-ring (bicyclic) bond motifs is 4. The van der Waals surface area contributed by atoms with Crippen LogP contribution in [0.25, 0.3) is 67.3 Å². The van der Waals surface area contributed by atoms with Gasteiger partial charge in [0, 0.05) is 34.1 Å². The summed E-state index contributed by atoms with van der Waals surface area (Å²) in [7, 11) is 0. The number of aromatic nitrogens is 3. The average Bonchev–Trinajstić information content (AvgIpc) is 3.53. The standard InChI is InChI=1S/C44H33N3O/c1-2-3-4-5-8-14-30-21-26-37-40(27-30)48-39-20-13-19-38(41(37)39)44-46-42(32-17-11-7-12-18-32)45-43(47-44)36-25-24-34-28-33(22-23-35(34)29-36)31-15-9-6-10-16-31/h2-12,14-19,21-29H,13,20H2,1H3/b3-2-,5-4-,14-8+. The molecule has 7 aromatic rings. The molecule has 0 N–H and O–H groups in total. The van der Waals surface area contributed by atoms with Crippen molar-refractivity contribution < 1.29 is 4.42 Å². The molecule has 4 heteroatoms.